The molecule has 0 saturated heterocycles. The summed E-state index contributed by atoms with van der Waals surface area (Å²) in [6.45, 7) is 8.70. The molecule has 0 aliphatic heterocycles. The van der Waals surface area contributed by atoms with E-state index in [1.807, 2.05) is 0 Å². The van der Waals surface area contributed by atoms with Gasteiger partial charge in [-0.3, -0.25) is 15.4 Å². The monoisotopic (exact) mass is 265 g/mol. The van der Waals surface area contributed by atoms with Gasteiger partial charge in [-0.1, -0.05) is 12.7 Å². The van der Waals surface area contributed by atoms with Crippen LogP contribution in [0, 0.1) is 10.1 Å². The van der Waals surface area contributed by atoms with Crippen molar-refractivity contribution in [3.63, 3.8) is 0 Å². The highest BCUT2D eigenvalue weighted by atomic mass is 16.6. The molecule has 0 aromatic carbocycles. The number of pyridine rings is 1. The van der Waals surface area contributed by atoms with Gasteiger partial charge in [-0.05, 0) is 20.8 Å². The van der Waals surface area contributed by atoms with E-state index >= 15 is 0 Å². The summed E-state index contributed by atoms with van der Waals surface area (Å²) in [6.07, 6.45) is 1.74. The molecule has 0 saturated carbocycles. The standard InChI is InChI=1S/C12H15N3O4/c1-5-8-6-9(15(17)18)7-13-10(8)14-11(16)19-12(2,3)4/h5-7H,1H2,2-4H3,(H,13,14,16). The van der Waals surface area contributed by atoms with E-state index in [4.69, 9.17) is 4.74 Å². The molecule has 1 rings (SSSR count). The van der Waals surface area contributed by atoms with Crippen molar-refractivity contribution in [2.45, 2.75) is 26.4 Å². The molecule has 0 atom stereocenters. The van der Waals surface area contributed by atoms with Gasteiger partial charge in [0.05, 0.1) is 4.92 Å². The van der Waals surface area contributed by atoms with Gasteiger partial charge < -0.3 is 4.74 Å². The lowest BCUT2D eigenvalue weighted by atomic mass is 10.2. The quantitative estimate of drug-likeness (QED) is 0.669. The molecule has 1 N–H and O–H groups in total. The second kappa shape index (κ2) is 5.47. The molecule has 1 aromatic heterocycles. The fourth-order valence-corrected chi connectivity index (χ4v) is 1.23. The van der Waals surface area contributed by atoms with Gasteiger partial charge in [-0.25, -0.2) is 9.78 Å². The summed E-state index contributed by atoms with van der Waals surface area (Å²) >= 11 is 0. The number of aromatic nitrogens is 1. The second-order valence-electron chi connectivity index (χ2n) is 4.72. The van der Waals surface area contributed by atoms with E-state index in [1.54, 1.807) is 20.8 Å². The normalized spacial score (nSPS) is 10.7. The van der Waals surface area contributed by atoms with Crippen LogP contribution in [0.1, 0.15) is 26.3 Å². The maximum atomic E-state index is 11.6. The Hall–Kier alpha value is -2.44. The van der Waals surface area contributed by atoms with Gasteiger partial charge in [0.2, 0.25) is 0 Å². The van der Waals surface area contributed by atoms with Crippen molar-refractivity contribution in [3.05, 3.63) is 34.5 Å². The molecular weight excluding hydrogens is 250 g/mol. The third kappa shape index (κ3) is 4.38. The molecular formula is C12H15N3O4. The van der Waals surface area contributed by atoms with Crippen LogP contribution < -0.4 is 5.32 Å². The highest BCUT2D eigenvalue weighted by Crippen LogP contribution is 2.20. The average Bonchev–Trinajstić information content (AvgIpc) is 2.26. The summed E-state index contributed by atoms with van der Waals surface area (Å²) < 4.78 is 5.06. The average molecular weight is 265 g/mol. The van der Waals surface area contributed by atoms with Gasteiger partial charge in [0.1, 0.15) is 17.6 Å². The molecule has 0 spiro atoms. The van der Waals surface area contributed by atoms with E-state index in [-0.39, 0.29) is 11.5 Å². The van der Waals surface area contributed by atoms with Gasteiger partial charge in [0.15, 0.2) is 0 Å². The lowest BCUT2D eigenvalue weighted by Gasteiger charge is -2.19. The first-order chi connectivity index (χ1) is 8.73. The van der Waals surface area contributed by atoms with Crippen molar-refractivity contribution in [2.75, 3.05) is 5.32 Å². The molecule has 0 unspecified atom stereocenters. The number of ether oxygens (including phenoxy) is 1. The van der Waals surface area contributed by atoms with Crippen molar-refractivity contribution in [1.29, 1.82) is 0 Å². The minimum absolute atomic E-state index is 0.162. The molecule has 1 heterocycles. The first-order valence-corrected chi connectivity index (χ1v) is 5.50. The van der Waals surface area contributed by atoms with Gasteiger partial charge in [-0.15, -0.1) is 0 Å². The number of carbonyl (C=O) groups excluding carboxylic acids is 1. The van der Waals surface area contributed by atoms with Gasteiger partial charge >= 0.3 is 6.09 Å². The Kier molecular flexibility index (Phi) is 4.21. The lowest BCUT2D eigenvalue weighted by Crippen LogP contribution is -2.27. The Morgan fingerprint density at radius 1 is 1.58 bits per heavy atom. The Bertz CT molecular complexity index is 520. The van der Waals surface area contributed by atoms with Crippen molar-refractivity contribution >= 4 is 23.7 Å². The SMILES string of the molecule is C=Cc1cc([N+](=O)[O-])cnc1NC(=O)OC(C)(C)C. The number of hydrogen-bond donors (Lipinski definition) is 1. The van der Waals surface area contributed by atoms with Gasteiger partial charge in [0, 0.05) is 11.6 Å². The number of anilines is 1. The number of nitro groups is 1. The number of carbonyl (C=O) groups is 1. The molecule has 0 radical (unpaired) electrons. The maximum Gasteiger partial charge on any atom is 0.413 e. The molecule has 7 nitrogen and oxygen atoms in total. The van der Waals surface area contributed by atoms with Crippen molar-refractivity contribution in [2.24, 2.45) is 0 Å². The number of hydrogen-bond acceptors (Lipinski definition) is 5. The maximum absolute atomic E-state index is 11.6. The molecule has 0 bridgehead atoms. The number of nitrogens with zero attached hydrogens (tertiary/aromatic N) is 2. The highest BCUT2D eigenvalue weighted by molar-refractivity contribution is 5.86. The van der Waals surface area contributed by atoms with Crippen LogP contribution in [0.3, 0.4) is 0 Å². The van der Waals surface area contributed by atoms with Gasteiger partial charge in [-0.2, -0.15) is 0 Å². The smallest absolute Gasteiger partial charge is 0.413 e. The van der Waals surface area contributed by atoms with Crippen LogP contribution in [0.2, 0.25) is 0 Å². The fourth-order valence-electron chi connectivity index (χ4n) is 1.23. The minimum atomic E-state index is -0.683. The topological polar surface area (TPSA) is 94.4 Å². The van der Waals surface area contributed by atoms with E-state index in [1.165, 1.54) is 12.1 Å². The number of rotatable bonds is 3. The second-order valence-corrected chi connectivity index (χ2v) is 4.72. The van der Waals surface area contributed by atoms with Crippen LogP contribution in [-0.4, -0.2) is 21.6 Å². The van der Waals surface area contributed by atoms with Crippen LogP contribution in [0.5, 0.6) is 0 Å². The van der Waals surface area contributed by atoms with E-state index in [9.17, 15) is 14.9 Å². The van der Waals surface area contributed by atoms with E-state index in [2.05, 4.69) is 16.9 Å². The predicted molar refractivity (Wildman–Crippen MR) is 70.8 cm³/mol. The first kappa shape index (κ1) is 14.6. The summed E-state index contributed by atoms with van der Waals surface area (Å²) in [4.78, 5) is 25.4. The van der Waals surface area contributed by atoms with Crippen molar-refractivity contribution in [3.8, 4) is 0 Å². The van der Waals surface area contributed by atoms with E-state index in [0.29, 0.717) is 5.56 Å². The summed E-state index contributed by atoms with van der Waals surface area (Å²) in [6, 6.07) is 1.27. The molecule has 0 fully saturated rings. The Balaban J connectivity index is 2.93. The third-order valence-corrected chi connectivity index (χ3v) is 1.95. The predicted octanol–water partition coefficient (Wildman–Crippen LogP) is 2.98. The molecule has 1 amide bonds. The van der Waals surface area contributed by atoms with Crippen LogP contribution >= 0.6 is 0 Å². The van der Waals surface area contributed by atoms with Crippen molar-refractivity contribution < 1.29 is 14.5 Å². The zero-order valence-corrected chi connectivity index (χ0v) is 11.0. The Morgan fingerprint density at radius 3 is 2.68 bits per heavy atom. The fraction of sp³-hybridized carbons (Fsp3) is 0.333. The molecule has 19 heavy (non-hydrogen) atoms. The molecule has 1 aromatic rings. The Morgan fingerprint density at radius 2 is 2.21 bits per heavy atom. The minimum Gasteiger partial charge on any atom is -0.444 e. The lowest BCUT2D eigenvalue weighted by molar-refractivity contribution is -0.385. The highest BCUT2D eigenvalue weighted by Gasteiger charge is 2.18. The van der Waals surface area contributed by atoms with Crippen LogP contribution in [0.25, 0.3) is 6.08 Å². The van der Waals surface area contributed by atoms with Crippen LogP contribution in [0.15, 0.2) is 18.8 Å². The van der Waals surface area contributed by atoms with Crippen LogP contribution in [0.4, 0.5) is 16.3 Å². The largest absolute Gasteiger partial charge is 0.444 e. The van der Waals surface area contributed by atoms with E-state index < -0.39 is 16.6 Å². The summed E-state index contributed by atoms with van der Waals surface area (Å²) in [7, 11) is 0. The summed E-state index contributed by atoms with van der Waals surface area (Å²) in [5.74, 6) is 0.162. The first-order valence-electron chi connectivity index (χ1n) is 5.50. The third-order valence-electron chi connectivity index (χ3n) is 1.95. The zero-order valence-electron chi connectivity index (χ0n) is 11.0. The zero-order chi connectivity index (χ0) is 14.6. The molecule has 0 aliphatic carbocycles. The Labute approximate surface area is 110 Å². The summed E-state index contributed by atoms with van der Waals surface area (Å²) in [5.41, 5.74) is -0.469. The molecule has 7 heteroatoms. The summed E-state index contributed by atoms with van der Waals surface area (Å²) in [5, 5.41) is 13.0. The van der Waals surface area contributed by atoms with Crippen molar-refractivity contribution in [1.82, 2.24) is 4.98 Å². The molecule has 102 valence electrons. The number of amides is 1. The van der Waals surface area contributed by atoms with Crippen LogP contribution in [-0.2, 0) is 4.74 Å². The molecule has 0 aliphatic rings. The van der Waals surface area contributed by atoms with E-state index in [0.717, 1.165) is 6.20 Å². The number of nitrogens with one attached hydrogen (secondary N) is 1. The van der Waals surface area contributed by atoms with Gasteiger partial charge in [0.25, 0.3) is 5.69 Å².